The fourth-order valence-corrected chi connectivity index (χ4v) is 1.30. The summed E-state index contributed by atoms with van der Waals surface area (Å²) in [7, 11) is 3.78. The van der Waals surface area contributed by atoms with Crippen LogP contribution in [0.5, 0.6) is 0 Å². The lowest BCUT2D eigenvalue weighted by molar-refractivity contribution is -0.0453. The molecule has 1 aliphatic heterocycles. The largest absolute Gasteiger partial charge is 0.358 e. The van der Waals surface area contributed by atoms with E-state index in [1.54, 1.807) is 7.05 Å². The van der Waals surface area contributed by atoms with Gasteiger partial charge < -0.3 is 9.64 Å². The summed E-state index contributed by atoms with van der Waals surface area (Å²) < 4.78 is 5.53. The molecule has 1 heterocycles. The van der Waals surface area contributed by atoms with Crippen molar-refractivity contribution in [3.63, 3.8) is 0 Å². The van der Waals surface area contributed by atoms with Gasteiger partial charge in [0.25, 0.3) is 0 Å². The van der Waals surface area contributed by atoms with Gasteiger partial charge in [0.05, 0.1) is 6.34 Å². The lowest BCUT2D eigenvalue weighted by Crippen LogP contribution is -2.35. The Kier molecular flexibility index (Phi) is 3.36. The molecule has 1 saturated heterocycles. The average Bonchev–Trinajstić information content (AvgIpc) is 2.07. The smallest absolute Gasteiger partial charge is 0.130 e. The van der Waals surface area contributed by atoms with Crippen molar-refractivity contribution >= 4 is 6.34 Å². The predicted octanol–water partition coefficient (Wildman–Crippen LogP) is 1.10. The van der Waals surface area contributed by atoms with Gasteiger partial charge in [0.1, 0.15) is 6.23 Å². The maximum absolute atomic E-state index is 5.53. The molecule has 11 heavy (non-hydrogen) atoms. The number of aliphatic imine (C=N–C) groups is 1. The van der Waals surface area contributed by atoms with E-state index in [0.29, 0.717) is 0 Å². The second-order valence-corrected chi connectivity index (χ2v) is 2.86. The van der Waals surface area contributed by atoms with Crippen LogP contribution >= 0.6 is 0 Å². The second kappa shape index (κ2) is 4.34. The first-order chi connectivity index (χ1) is 5.34. The van der Waals surface area contributed by atoms with E-state index in [0.717, 1.165) is 13.0 Å². The molecule has 0 spiro atoms. The van der Waals surface area contributed by atoms with Gasteiger partial charge in [0, 0.05) is 20.7 Å². The molecular formula is C8H16N2O. The van der Waals surface area contributed by atoms with E-state index in [-0.39, 0.29) is 6.23 Å². The Morgan fingerprint density at radius 2 is 2.36 bits per heavy atom. The van der Waals surface area contributed by atoms with Crippen LogP contribution in [0.15, 0.2) is 4.99 Å². The van der Waals surface area contributed by atoms with Crippen LogP contribution in [0.4, 0.5) is 0 Å². The fourth-order valence-electron chi connectivity index (χ4n) is 1.30. The molecule has 0 aromatic rings. The summed E-state index contributed by atoms with van der Waals surface area (Å²) in [4.78, 5) is 5.96. The van der Waals surface area contributed by atoms with Crippen LogP contribution in [-0.2, 0) is 4.74 Å². The SMILES string of the molecule is CN=CN(C)C1CCCCO1. The molecule has 3 heteroatoms. The Morgan fingerprint density at radius 1 is 1.55 bits per heavy atom. The zero-order valence-corrected chi connectivity index (χ0v) is 7.29. The van der Waals surface area contributed by atoms with Crippen molar-refractivity contribution in [2.45, 2.75) is 25.5 Å². The molecule has 0 bridgehead atoms. The van der Waals surface area contributed by atoms with E-state index in [2.05, 4.69) is 4.99 Å². The first-order valence-electron chi connectivity index (χ1n) is 4.10. The number of hydrogen-bond donors (Lipinski definition) is 0. The van der Waals surface area contributed by atoms with Crippen LogP contribution < -0.4 is 0 Å². The number of nitrogens with zero attached hydrogens (tertiary/aromatic N) is 2. The Morgan fingerprint density at radius 3 is 2.91 bits per heavy atom. The van der Waals surface area contributed by atoms with E-state index in [1.807, 2.05) is 18.3 Å². The topological polar surface area (TPSA) is 24.8 Å². The molecule has 1 fully saturated rings. The molecule has 3 nitrogen and oxygen atoms in total. The molecule has 0 amide bonds. The van der Waals surface area contributed by atoms with Crippen LogP contribution in [0.25, 0.3) is 0 Å². The van der Waals surface area contributed by atoms with Gasteiger partial charge in [-0.15, -0.1) is 0 Å². The maximum atomic E-state index is 5.53. The maximum Gasteiger partial charge on any atom is 0.130 e. The van der Waals surface area contributed by atoms with Crippen molar-refractivity contribution < 1.29 is 4.74 Å². The highest BCUT2D eigenvalue weighted by Gasteiger charge is 2.15. The summed E-state index contributed by atoms with van der Waals surface area (Å²) in [6.45, 7) is 0.895. The summed E-state index contributed by atoms with van der Waals surface area (Å²) in [6.07, 6.45) is 5.67. The third-order valence-corrected chi connectivity index (χ3v) is 1.91. The number of ether oxygens (including phenoxy) is 1. The van der Waals surface area contributed by atoms with Crippen molar-refractivity contribution in [3.8, 4) is 0 Å². The van der Waals surface area contributed by atoms with Crippen molar-refractivity contribution in [3.05, 3.63) is 0 Å². The zero-order valence-electron chi connectivity index (χ0n) is 7.29. The molecule has 0 N–H and O–H groups in total. The molecule has 0 radical (unpaired) electrons. The lowest BCUT2D eigenvalue weighted by atomic mass is 10.2. The Hall–Kier alpha value is -0.570. The van der Waals surface area contributed by atoms with Crippen molar-refractivity contribution in [1.29, 1.82) is 0 Å². The minimum absolute atomic E-state index is 0.257. The summed E-state index contributed by atoms with van der Waals surface area (Å²) in [5.74, 6) is 0. The Labute approximate surface area is 68.1 Å². The Balaban J connectivity index is 2.32. The highest BCUT2D eigenvalue weighted by molar-refractivity contribution is 5.54. The van der Waals surface area contributed by atoms with Gasteiger partial charge in [0.15, 0.2) is 0 Å². The second-order valence-electron chi connectivity index (χ2n) is 2.86. The minimum atomic E-state index is 0.257. The highest BCUT2D eigenvalue weighted by Crippen LogP contribution is 2.13. The minimum Gasteiger partial charge on any atom is -0.358 e. The van der Waals surface area contributed by atoms with Gasteiger partial charge in [0.2, 0.25) is 0 Å². The van der Waals surface area contributed by atoms with Gasteiger partial charge >= 0.3 is 0 Å². The standard InChI is InChI=1S/C8H16N2O/c1-9-7-10(2)8-5-3-4-6-11-8/h7-8H,3-6H2,1-2H3. The molecule has 64 valence electrons. The molecule has 0 aromatic carbocycles. The summed E-state index contributed by atoms with van der Waals surface area (Å²) in [5, 5.41) is 0. The van der Waals surface area contributed by atoms with E-state index >= 15 is 0 Å². The molecule has 1 aliphatic rings. The van der Waals surface area contributed by atoms with Gasteiger partial charge in [-0.2, -0.15) is 0 Å². The van der Waals surface area contributed by atoms with E-state index in [9.17, 15) is 0 Å². The number of hydrogen-bond acceptors (Lipinski definition) is 2. The summed E-state index contributed by atoms with van der Waals surface area (Å²) >= 11 is 0. The van der Waals surface area contributed by atoms with Crippen molar-refractivity contribution in [1.82, 2.24) is 4.90 Å². The molecule has 0 saturated carbocycles. The zero-order chi connectivity index (χ0) is 8.10. The number of rotatable bonds is 2. The van der Waals surface area contributed by atoms with Crippen LogP contribution in [-0.4, -0.2) is 38.2 Å². The predicted molar refractivity (Wildman–Crippen MR) is 45.8 cm³/mol. The average molecular weight is 156 g/mol. The van der Waals surface area contributed by atoms with Gasteiger partial charge in [-0.1, -0.05) is 0 Å². The van der Waals surface area contributed by atoms with Crippen molar-refractivity contribution in [2.24, 2.45) is 4.99 Å². The monoisotopic (exact) mass is 156 g/mol. The lowest BCUT2D eigenvalue weighted by Gasteiger charge is -2.29. The van der Waals surface area contributed by atoms with E-state index in [4.69, 9.17) is 4.74 Å². The van der Waals surface area contributed by atoms with E-state index in [1.165, 1.54) is 12.8 Å². The normalized spacial score (nSPS) is 25.8. The molecule has 0 aromatic heterocycles. The van der Waals surface area contributed by atoms with Crippen LogP contribution in [0, 0.1) is 0 Å². The van der Waals surface area contributed by atoms with Crippen LogP contribution in [0.2, 0.25) is 0 Å². The third kappa shape index (κ3) is 2.50. The molecular weight excluding hydrogens is 140 g/mol. The first-order valence-corrected chi connectivity index (χ1v) is 4.10. The molecule has 1 unspecified atom stereocenters. The first kappa shape index (κ1) is 8.53. The molecule has 0 aliphatic carbocycles. The van der Waals surface area contributed by atoms with Gasteiger partial charge in [-0.05, 0) is 19.3 Å². The van der Waals surface area contributed by atoms with Gasteiger partial charge in [-0.3, -0.25) is 4.99 Å². The summed E-state index contributed by atoms with van der Waals surface area (Å²) in [5.41, 5.74) is 0. The molecule has 1 rings (SSSR count). The summed E-state index contributed by atoms with van der Waals surface area (Å²) in [6, 6.07) is 0. The fraction of sp³-hybridized carbons (Fsp3) is 0.875. The van der Waals surface area contributed by atoms with Gasteiger partial charge in [-0.25, -0.2) is 0 Å². The quantitative estimate of drug-likeness (QED) is 0.442. The highest BCUT2D eigenvalue weighted by atomic mass is 16.5. The molecule has 1 atom stereocenters. The van der Waals surface area contributed by atoms with Crippen LogP contribution in [0.1, 0.15) is 19.3 Å². The van der Waals surface area contributed by atoms with Crippen molar-refractivity contribution in [2.75, 3.05) is 20.7 Å². The third-order valence-electron chi connectivity index (χ3n) is 1.91. The Bertz CT molecular complexity index is 130. The van der Waals surface area contributed by atoms with Crippen LogP contribution in [0.3, 0.4) is 0 Å². The van der Waals surface area contributed by atoms with E-state index < -0.39 is 0 Å².